The van der Waals surface area contributed by atoms with E-state index < -0.39 is 40.6 Å². The molecule has 0 atom stereocenters. The van der Waals surface area contributed by atoms with Crippen LogP contribution in [-0.2, 0) is 0 Å². The Bertz CT molecular complexity index is 867. The highest BCUT2D eigenvalue weighted by Gasteiger charge is 2.30. The summed E-state index contributed by atoms with van der Waals surface area (Å²) in [6.45, 7) is 4.86. The Balaban J connectivity index is 2.23. The van der Waals surface area contributed by atoms with Crippen LogP contribution in [0.3, 0.4) is 0 Å². The van der Waals surface area contributed by atoms with Crippen LogP contribution < -0.4 is 10.7 Å². The number of hydrazine groups is 1. The molecule has 0 aliphatic heterocycles. The lowest BCUT2D eigenvalue weighted by molar-refractivity contribution is 0.0687. The van der Waals surface area contributed by atoms with Gasteiger partial charge in [-0.05, 0) is 57.2 Å². The molecule has 0 aromatic heterocycles. The van der Waals surface area contributed by atoms with Crippen LogP contribution in [0.15, 0.2) is 36.4 Å². The Morgan fingerprint density at radius 2 is 1.56 bits per heavy atom. The van der Waals surface area contributed by atoms with Gasteiger partial charge in [-0.2, -0.15) is 0 Å². The second-order valence-corrected chi connectivity index (χ2v) is 7.04. The molecule has 0 radical (unpaired) electrons. The largest absolute Gasteiger partial charge is 0.341 e. The van der Waals surface area contributed by atoms with Crippen LogP contribution in [0.4, 0.5) is 23.7 Å². The molecule has 2 aromatic carbocycles. The van der Waals surface area contributed by atoms with E-state index in [1.807, 2.05) is 0 Å². The van der Waals surface area contributed by atoms with Crippen molar-refractivity contribution >= 4 is 29.2 Å². The molecule has 27 heavy (non-hydrogen) atoms. The Labute approximate surface area is 159 Å². The van der Waals surface area contributed by atoms with Crippen LogP contribution >= 0.6 is 11.6 Å². The summed E-state index contributed by atoms with van der Waals surface area (Å²) in [6, 6.07) is 6.57. The second-order valence-electron chi connectivity index (χ2n) is 6.61. The summed E-state index contributed by atoms with van der Waals surface area (Å²) in [5.41, 5.74) is 1.17. The zero-order valence-electron chi connectivity index (χ0n) is 14.7. The van der Waals surface area contributed by atoms with Gasteiger partial charge in [0, 0.05) is 10.6 Å². The molecule has 0 fully saturated rings. The van der Waals surface area contributed by atoms with Gasteiger partial charge < -0.3 is 5.32 Å². The molecule has 0 bridgehead atoms. The van der Waals surface area contributed by atoms with Crippen LogP contribution in [0.5, 0.6) is 0 Å². The highest BCUT2D eigenvalue weighted by Crippen LogP contribution is 2.21. The number of rotatable bonds is 2. The van der Waals surface area contributed by atoms with E-state index in [0.717, 1.165) is 11.1 Å². The molecule has 0 saturated heterocycles. The van der Waals surface area contributed by atoms with E-state index in [4.69, 9.17) is 11.6 Å². The summed E-state index contributed by atoms with van der Waals surface area (Å²) in [5, 5.41) is 3.48. The van der Waals surface area contributed by atoms with Gasteiger partial charge in [0.2, 0.25) is 0 Å². The first-order valence-electron chi connectivity index (χ1n) is 7.82. The van der Waals surface area contributed by atoms with Crippen LogP contribution in [0.25, 0.3) is 0 Å². The fraction of sp³-hybridized carbons (Fsp3) is 0.222. The summed E-state index contributed by atoms with van der Waals surface area (Å²) < 4.78 is 40.2. The highest BCUT2D eigenvalue weighted by molar-refractivity contribution is 6.30. The lowest BCUT2D eigenvalue weighted by atomic mass is 10.1. The number of halogens is 4. The van der Waals surface area contributed by atoms with E-state index in [2.05, 4.69) is 10.7 Å². The normalized spacial score (nSPS) is 11.1. The molecular weight excluding hydrogens is 383 g/mol. The first-order valence-corrected chi connectivity index (χ1v) is 8.20. The number of urea groups is 1. The molecule has 2 N–H and O–H groups in total. The SMILES string of the molecule is CC(C)(C)N(NC(=O)c1ccc(Cl)cc1)C(=O)Nc1ccc(F)c(F)c1F. The van der Waals surface area contributed by atoms with Crippen molar-refractivity contribution in [3.05, 3.63) is 64.4 Å². The summed E-state index contributed by atoms with van der Waals surface area (Å²) >= 11 is 5.78. The van der Waals surface area contributed by atoms with Crippen LogP contribution in [0.2, 0.25) is 5.02 Å². The van der Waals surface area contributed by atoms with Crippen molar-refractivity contribution in [1.82, 2.24) is 10.4 Å². The molecule has 5 nitrogen and oxygen atoms in total. The topological polar surface area (TPSA) is 61.4 Å². The predicted octanol–water partition coefficient (Wildman–Crippen LogP) is 4.73. The summed E-state index contributed by atoms with van der Waals surface area (Å²) in [5.74, 6) is -5.24. The monoisotopic (exact) mass is 399 g/mol. The van der Waals surface area contributed by atoms with Crippen molar-refractivity contribution in [3.8, 4) is 0 Å². The maximum atomic E-state index is 13.8. The number of hydrogen-bond donors (Lipinski definition) is 2. The molecule has 0 spiro atoms. The van der Waals surface area contributed by atoms with Crippen LogP contribution in [-0.4, -0.2) is 22.5 Å². The molecule has 0 heterocycles. The lowest BCUT2D eigenvalue weighted by Gasteiger charge is -2.35. The number of anilines is 1. The minimum Gasteiger partial charge on any atom is -0.304 e. The van der Waals surface area contributed by atoms with Crippen molar-refractivity contribution in [3.63, 3.8) is 0 Å². The molecule has 0 aliphatic rings. The van der Waals surface area contributed by atoms with Crippen LogP contribution in [0, 0.1) is 17.5 Å². The van der Waals surface area contributed by atoms with Crippen molar-refractivity contribution < 1.29 is 22.8 Å². The number of hydrogen-bond acceptors (Lipinski definition) is 2. The second kappa shape index (κ2) is 7.87. The lowest BCUT2D eigenvalue weighted by Crippen LogP contribution is -2.57. The maximum absolute atomic E-state index is 13.8. The molecule has 0 aliphatic carbocycles. The number of nitrogens with one attached hydrogen (secondary N) is 2. The molecule has 2 aromatic rings. The standard InChI is InChI=1S/C18H17ClF3N3O2/c1-18(2,3)25(24-16(26)10-4-6-11(19)7-5-10)17(27)23-13-9-8-12(20)14(21)15(13)22/h4-9H,1-3H3,(H,23,27)(H,24,26). The molecule has 0 unspecified atom stereocenters. The number of nitrogens with zero attached hydrogens (tertiary/aromatic N) is 1. The summed E-state index contributed by atoms with van der Waals surface area (Å²) in [7, 11) is 0. The molecule has 144 valence electrons. The zero-order valence-corrected chi connectivity index (χ0v) is 15.5. The smallest absolute Gasteiger partial charge is 0.304 e. The van der Waals surface area contributed by atoms with Gasteiger partial charge in [0.25, 0.3) is 5.91 Å². The van der Waals surface area contributed by atoms with Crippen molar-refractivity contribution in [2.75, 3.05) is 5.32 Å². The van der Waals surface area contributed by atoms with Gasteiger partial charge in [-0.1, -0.05) is 11.6 Å². The maximum Gasteiger partial charge on any atom is 0.341 e. The molecule has 9 heteroatoms. The Morgan fingerprint density at radius 1 is 0.963 bits per heavy atom. The van der Waals surface area contributed by atoms with Crippen molar-refractivity contribution in [2.45, 2.75) is 26.3 Å². The fourth-order valence-corrected chi connectivity index (χ4v) is 2.21. The summed E-state index contributed by atoms with van der Waals surface area (Å²) in [4.78, 5) is 24.9. The van der Waals surface area contributed by atoms with Crippen LogP contribution in [0.1, 0.15) is 31.1 Å². The van der Waals surface area contributed by atoms with E-state index >= 15 is 0 Å². The summed E-state index contributed by atoms with van der Waals surface area (Å²) in [6.07, 6.45) is 0. The van der Waals surface area contributed by atoms with E-state index in [-0.39, 0.29) is 5.56 Å². The minimum absolute atomic E-state index is 0.237. The van der Waals surface area contributed by atoms with E-state index in [1.165, 1.54) is 24.3 Å². The average molecular weight is 400 g/mol. The van der Waals surface area contributed by atoms with Gasteiger partial charge in [-0.3, -0.25) is 10.2 Å². The fourth-order valence-electron chi connectivity index (χ4n) is 2.08. The highest BCUT2D eigenvalue weighted by atomic mass is 35.5. The van der Waals surface area contributed by atoms with E-state index in [0.29, 0.717) is 11.1 Å². The van der Waals surface area contributed by atoms with Gasteiger partial charge in [-0.15, -0.1) is 0 Å². The van der Waals surface area contributed by atoms with Gasteiger partial charge in [-0.25, -0.2) is 23.0 Å². The third-order valence-electron chi connectivity index (χ3n) is 3.47. The Kier molecular flexibility index (Phi) is 6.00. The van der Waals surface area contributed by atoms with Gasteiger partial charge in [0.15, 0.2) is 17.5 Å². The molecular formula is C18H17ClF3N3O2. The first kappa shape index (κ1) is 20.6. The number of amides is 3. The Morgan fingerprint density at radius 3 is 2.11 bits per heavy atom. The zero-order chi connectivity index (χ0) is 20.4. The van der Waals surface area contributed by atoms with Gasteiger partial charge >= 0.3 is 6.03 Å². The van der Waals surface area contributed by atoms with Crippen molar-refractivity contribution in [1.29, 1.82) is 0 Å². The predicted molar refractivity (Wildman–Crippen MR) is 95.8 cm³/mol. The third kappa shape index (κ3) is 4.91. The van der Waals surface area contributed by atoms with Gasteiger partial charge in [0.05, 0.1) is 11.2 Å². The van der Waals surface area contributed by atoms with E-state index in [9.17, 15) is 22.8 Å². The van der Waals surface area contributed by atoms with E-state index in [1.54, 1.807) is 20.8 Å². The number of carbonyl (C=O) groups is 2. The number of carbonyl (C=O) groups excluding carboxylic acids is 2. The van der Waals surface area contributed by atoms with Crippen molar-refractivity contribution in [2.24, 2.45) is 0 Å². The molecule has 2 rings (SSSR count). The first-order chi connectivity index (χ1) is 12.5. The minimum atomic E-state index is -1.71. The Hall–Kier alpha value is -2.74. The average Bonchev–Trinajstić information content (AvgIpc) is 2.59. The quantitative estimate of drug-likeness (QED) is 0.566. The third-order valence-corrected chi connectivity index (χ3v) is 3.72. The molecule has 0 saturated carbocycles. The molecule has 3 amide bonds. The van der Waals surface area contributed by atoms with Gasteiger partial charge in [0.1, 0.15) is 0 Å². The number of benzene rings is 2.